The normalized spacial score (nSPS) is 10.0. The SMILES string of the molecule is CC(=O)Nc1cccc(CNc2ncncc2Cl)c1. The molecule has 1 aromatic carbocycles. The summed E-state index contributed by atoms with van der Waals surface area (Å²) < 4.78 is 0. The van der Waals surface area contributed by atoms with E-state index >= 15 is 0 Å². The zero-order valence-electron chi connectivity index (χ0n) is 10.4. The first-order valence-electron chi connectivity index (χ1n) is 5.71. The maximum absolute atomic E-state index is 11.0. The van der Waals surface area contributed by atoms with Gasteiger partial charge in [-0.3, -0.25) is 4.79 Å². The number of nitrogens with one attached hydrogen (secondary N) is 2. The summed E-state index contributed by atoms with van der Waals surface area (Å²) in [7, 11) is 0. The van der Waals surface area contributed by atoms with E-state index in [2.05, 4.69) is 20.6 Å². The van der Waals surface area contributed by atoms with Crippen LogP contribution >= 0.6 is 11.6 Å². The topological polar surface area (TPSA) is 66.9 Å². The first kappa shape index (κ1) is 13.3. The number of hydrogen-bond acceptors (Lipinski definition) is 4. The van der Waals surface area contributed by atoms with E-state index in [1.165, 1.54) is 19.4 Å². The van der Waals surface area contributed by atoms with E-state index in [-0.39, 0.29) is 5.91 Å². The number of rotatable bonds is 4. The van der Waals surface area contributed by atoms with Crippen molar-refractivity contribution in [1.82, 2.24) is 9.97 Å². The molecule has 0 radical (unpaired) electrons. The lowest BCUT2D eigenvalue weighted by molar-refractivity contribution is -0.114. The first-order chi connectivity index (χ1) is 9.15. The van der Waals surface area contributed by atoms with Crippen LogP contribution in [-0.4, -0.2) is 15.9 Å². The van der Waals surface area contributed by atoms with Gasteiger partial charge in [0.2, 0.25) is 5.91 Å². The Balaban J connectivity index is 2.03. The van der Waals surface area contributed by atoms with Crippen LogP contribution in [0.3, 0.4) is 0 Å². The summed E-state index contributed by atoms with van der Waals surface area (Å²) in [6.45, 7) is 2.04. The average Bonchev–Trinajstić information content (AvgIpc) is 2.37. The highest BCUT2D eigenvalue weighted by molar-refractivity contribution is 6.32. The van der Waals surface area contributed by atoms with Crippen molar-refractivity contribution in [3.8, 4) is 0 Å². The second kappa shape index (κ2) is 6.15. The number of amides is 1. The first-order valence-corrected chi connectivity index (χ1v) is 6.09. The predicted octanol–water partition coefficient (Wildman–Crippen LogP) is 2.70. The van der Waals surface area contributed by atoms with Gasteiger partial charge in [0, 0.05) is 19.2 Å². The van der Waals surface area contributed by atoms with Gasteiger partial charge in [0.15, 0.2) is 0 Å². The van der Waals surface area contributed by atoms with Gasteiger partial charge in [-0.15, -0.1) is 0 Å². The molecular weight excluding hydrogens is 264 g/mol. The molecule has 2 aromatic rings. The van der Waals surface area contributed by atoms with Gasteiger partial charge < -0.3 is 10.6 Å². The molecule has 1 aromatic heterocycles. The lowest BCUT2D eigenvalue weighted by atomic mass is 10.2. The average molecular weight is 277 g/mol. The van der Waals surface area contributed by atoms with Crippen LogP contribution in [0.15, 0.2) is 36.8 Å². The molecule has 2 rings (SSSR count). The monoisotopic (exact) mass is 276 g/mol. The van der Waals surface area contributed by atoms with Crippen molar-refractivity contribution < 1.29 is 4.79 Å². The number of anilines is 2. The Morgan fingerprint density at radius 1 is 1.42 bits per heavy atom. The van der Waals surface area contributed by atoms with Gasteiger partial charge in [0.25, 0.3) is 0 Å². The predicted molar refractivity (Wildman–Crippen MR) is 75.1 cm³/mol. The van der Waals surface area contributed by atoms with Crippen molar-refractivity contribution in [2.45, 2.75) is 13.5 Å². The van der Waals surface area contributed by atoms with Crippen LogP contribution in [0.5, 0.6) is 0 Å². The van der Waals surface area contributed by atoms with E-state index in [0.29, 0.717) is 17.4 Å². The summed E-state index contributed by atoms with van der Waals surface area (Å²) in [4.78, 5) is 18.8. The summed E-state index contributed by atoms with van der Waals surface area (Å²) in [5.41, 5.74) is 1.78. The van der Waals surface area contributed by atoms with Crippen molar-refractivity contribution in [2.75, 3.05) is 10.6 Å². The lowest BCUT2D eigenvalue weighted by Crippen LogP contribution is -2.07. The molecular formula is C13H13ClN4O. The fourth-order valence-electron chi connectivity index (χ4n) is 1.59. The Labute approximate surface area is 116 Å². The Hall–Kier alpha value is -2.14. The molecule has 0 saturated heterocycles. The number of aromatic nitrogens is 2. The molecule has 0 aliphatic rings. The second-order valence-corrected chi connectivity index (χ2v) is 4.36. The maximum Gasteiger partial charge on any atom is 0.221 e. The number of hydrogen-bond donors (Lipinski definition) is 2. The van der Waals surface area contributed by atoms with E-state index in [4.69, 9.17) is 11.6 Å². The quantitative estimate of drug-likeness (QED) is 0.901. The third-order valence-electron chi connectivity index (χ3n) is 2.37. The Morgan fingerprint density at radius 3 is 3.00 bits per heavy atom. The minimum Gasteiger partial charge on any atom is -0.365 e. The van der Waals surface area contributed by atoms with E-state index in [1.807, 2.05) is 24.3 Å². The van der Waals surface area contributed by atoms with Gasteiger partial charge in [0.1, 0.15) is 17.2 Å². The largest absolute Gasteiger partial charge is 0.365 e. The van der Waals surface area contributed by atoms with Gasteiger partial charge in [0.05, 0.1) is 6.20 Å². The Kier molecular flexibility index (Phi) is 4.30. The van der Waals surface area contributed by atoms with Crippen molar-refractivity contribution >= 4 is 29.0 Å². The third-order valence-corrected chi connectivity index (χ3v) is 2.65. The van der Waals surface area contributed by atoms with Gasteiger partial charge >= 0.3 is 0 Å². The molecule has 0 spiro atoms. The summed E-state index contributed by atoms with van der Waals surface area (Å²) in [6.07, 6.45) is 2.96. The highest BCUT2D eigenvalue weighted by Crippen LogP contribution is 2.18. The van der Waals surface area contributed by atoms with Crippen molar-refractivity contribution in [3.63, 3.8) is 0 Å². The molecule has 5 nitrogen and oxygen atoms in total. The molecule has 0 atom stereocenters. The van der Waals surface area contributed by atoms with E-state index < -0.39 is 0 Å². The van der Waals surface area contributed by atoms with Crippen LogP contribution in [0.2, 0.25) is 5.02 Å². The van der Waals surface area contributed by atoms with E-state index in [0.717, 1.165) is 11.3 Å². The van der Waals surface area contributed by atoms with Crippen LogP contribution in [-0.2, 0) is 11.3 Å². The van der Waals surface area contributed by atoms with Crippen LogP contribution in [0.25, 0.3) is 0 Å². The molecule has 0 saturated carbocycles. The summed E-state index contributed by atoms with van der Waals surface area (Å²) >= 11 is 5.95. The second-order valence-electron chi connectivity index (χ2n) is 3.95. The highest BCUT2D eigenvalue weighted by atomic mass is 35.5. The van der Waals surface area contributed by atoms with Crippen LogP contribution < -0.4 is 10.6 Å². The summed E-state index contributed by atoms with van der Waals surface area (Å²) in [6, 6.07) is 7.56. The minimum absolute atomic E-state index is 0.0936. The molecule has 2 N–H and O–H groups in total. The molecule has 0 unspecified atom stereocenters. The molecule has 19 heavy (non-hydrogen) atoms. The number of benzene rings is 1. The van der Waals surface area contributed by atoms with Crippen molar-refractivity contribution in [3.05, 3.63) is 47.4 Å². The molecule has 6 heteroatoms. The van der Waals surface area contributed by atoms with Gasteiger partial charge in [-0.25, -0.2) is 9.97 Å². The number of carbonyl (C=O) groups is 1. The number of halogens is 1. The zero-order chi connectivity index (χ0) is 13.7. The highest BCUT2D eigenvalue weighted by Gasteiger charge is 2.02. The molecule has 0 bridgehead atoms. The van der Waals surface area contributed by atoms with E-state index in [1.54, 1.807) is 0 Å². The molecule has 0 aliphatic carbocycles. The Morgan fingerprint density at radius 2 is 2.26 bits per heavy atom. The number of nitrogens with zero attached hydrogens (tertiary/aromatic N) is 2. The van der Waals surface area contributed by atoms with Gasteiger partial charge in [-0.2, -0.15) is 0 Å². The molecule has 0 fully saturated rings. The van der Waals surface area contributed by atoms with Crippen molar-refractivity contribution in [2.24, 2.45) is 0 Å². The fraction of sp³-hybridized carbons (Fsp3) is 0.154. The third kappa shape index (κ3) is 3.93. The molecule has 1 amide bonds. The standard InChI is InChI=1S/C13H13ClN4O/c1-9(19)18-11-4-2-3-10(5-11)6-16-13-12(14)7-15-8-17-13/h2-5,7-8H,6H2,1H3,(H,18,19)(H,15,16,17). The molecule has 98 valence electrons. The zero-order valence-corrected chi connectivity index (χ0v) is 11.1. The van der Waals surface area contributed by atoms with Gasteiger partial charge in [-0.05, 0) is 17.7 Å². The lowest BCUT2D eigenvalue weighted by Gasteiger charge is -2.08. The minimum atomic E-state index is -0.0936. The van der Waals surface area contributed by atoms with Crippen molar-refractivity contribution in [1.29, 1.82) is 0 Å². The van der Waals surface area contributed by atoms with E-state index in [9.17, 15) is 4.79 Å². The number of carbonyl (C=O) groups excluding carboxylic acids is 1. The summed E-state index contributed by atoms with van der Waals surface area (Å²) in [5.74, 6) is 0.491. The van der Waals surface area contributed by atoms with Crippen LogP contribution in [0.4, 0.5) is 11.5 Å². The molecule has 1 heterocycles. The summed E-state index contributed by atoms with van der Waals surface area (Å²) in [5, 5.41) is 6.32. The maximum atomic E-state index is 11.0. The van der Waals surface area contributed by atoms with Gasteiger partial charge in [-0.1, -0.05) is 23.7 Å². The fourth-order valence-corrected chi connectivity index (χ4v) is 1.76. The van der Waals surface area contributed by atoms with Crippen LogP contribution in [0, 0.1) is 0 Å². The van der Waals surface area contributed by atoms with Crippen LogP contribution in [0.1, 0.15) is 12.5 Å². The molecule has 0 aliphatic heterocycles. The smallest absolute Gasteiger partial charge is 0.221 e. The Bertz CT molecular complexity index is 588.